The summed E-state index contributed by atoms with van der Waals surface area (Å²) in [4.78, 5) is 0. The van der Waals surface area contributed by atoms with Crippen LogP contribution in [0.2, 0.25) is 0 Å². The second-order valence-electron chi connectivity index (χ2n) is 2.47. The zero-order chi connectivity index (χ0) is 9.99. The van der Waals surface area contributed by atoms with Crippen LogP contribution in [0.15, 0.2) is 0 Å². The van der Waals surface area contributed by atoms with Crippen molar-refractivity contribution >= 4 is 0 Å². The van der Waals surface area contributed by atoms with Crippen LogP contribution in [0.4, 0.5) is 26.3 Å². The highest BCUT2D eigenvalue weighted by atomic mass is 19.4. The summed E-state index contributed by atoms with van der Waals surface area (Å²) < 4.78 is 69.8. The Bertz CT molecular complexity index is 132. The number of hydrogen-bond acceptors (Lipinski definition) is 0. The van der Waals surface area contributed by atoms with Gasteiger partial charge in [-0.15, -0.1) is 0 Å². The zero-order valence-corrected chi connectivity index (χ0v) is 6.26. The lowest BCUT2D eigenvalue weighted by Crippen LogP contribution is -2.27. The van der Waals surface area contributed by atoms with Gasteiger partial charge in [0.1, 0.15) is 0 Å². The van der Waals surface area contributed by atoms with Gasteiger partial charge in [0.25, 0.3) is 0 Å². The average Bonchev–Trinajstić information content (AvgIpc) is 1.78. The van der Waals surface area contributed by atoms with Gasteiger partial charge < -0.3 is 0 Å². The minimum atomic E-state index is -4.75. The molecule has 1 atom stereocenters. The molecule has 12 heavy (non-hydrogen) atoms. The Labute approximate surface area is 65.6 Å². The molecular formula is C6H8F6. The van der Waals surface area contributed by atoms with Gasteiger partial charge in [-0.3, -0.25) is 0 Å². The number of halogens is 6. The summed E-state index contributed by atoms with van der Waals surface area (Å²) in [6.45, 7) is 1.09. The fourth-order valence-corrected chi connectivity index (χ4v) is 0.771. The highest BCUT2D eigenvalue weighted by Crippen LogP contribution is 2.37. The average molecular weight is 194 g/mol. The largest absolute Gasteiger partial charge is 0.392 e. The number of hydrogen-bond donors (Lipinski definition) is 0. The van der Waals surface area contributed by atoms with Crippen molar-refractivity contribution in [3.05, 3.63) is 0 Å². The highest BCUT2D eigenvalue weighted by molar-refractivity contribution is 4.69. The first-order chi connectivity index (χ1) is 5.17. The molecule has 0 N–H and O–H groups in total. The fourth-order valence-electron chi connectivity index (χ4n) is 0.771. The molecule has 0 spiro atoms. The summed E-state index contributed by atoms with van der Waals surface area (Å²) in [5.74, 6) is -2.27. The molecule has 0 amide bonds. The predicted molar refractivity (Wildman–Crippen MR) is 30.5 cm³/mol. The molecule has 0 saturated carbocycles. The first-order valence-electron chi connectivity index (χ1n) is 3.30. The van der Waals surface area contributed by atoms with Crippen molar-refractivity contribution in [2.75, 3.05) is 0 Å². The number of alkyl halides is 6. The van der Waals surface area contributed by atoms with Gasteiger partial charge in [0.15, 0.2) is 0 Å². The molecule has 0 fully saturated rings. The van der Waals surface area contributed by atoms with Crippen molar-refractivity contribution in [2.45, 2.75) is 32.1 Å². The van der Waals surface area contributed by atoms with Crippen molar-refractivity contribution in [1.29, 1.82) is 0 Å². The Hall–Kier alpha value is -0.420. The molecule has 1 unspecified atom stereocenters. The van der Waals surface area contributed by atoms with E-state index in [1.165, 1.54) is 0 Å². The molecule has 0 radical (unpaired) electrons. The van der Waals surface area contributed by atoms with Crippen LogP contribution in [0, 0.1) is 5.92 Å². The maximum Gasteiger partial charge on any atom is 0.392 e. The molecule has 0 rings (SSSR count). The summed E-state index contributed by atoms with van der Waals surface area (Å²) in [7, 11) is 0. The molecule has 0 bridgehead atoms. The van der Waals surface area contributed by atoms with Crippen LogP contribution in [0.3, 0.4) is 0 Å². The molecule has 0 heterocycles. The Morgan fingerprint density at radius 1 is 1.00 bits per heavy atom. The minimum absolute atomic E-state index is 0.539. The van der Waals surface area contributed by atoms with Crippen molar-refractivity contribution in [3.8, 4) is 0 Å². The third kappa shape index (κ3) is 4.46. The van der Waals surface area contributed by atoms with Gasteiger partial charge in [0.05, 0.1) is 12.3 Å². The molecule has 0 aliphatic heterocycles. The van der Waals surface area contributed by atoms with Crippen LogP contribution >= 0.6 is 0 Å². The van der Waals surface area contributed by atoms with Gasteiger partial charge in [-0.2, -0.15) is 26.3 Å². The Morgan fingerprint density at radius 2 is 1.42 bits per heavy atom. The van der Waals surface area contributed by atoms with E-state index in [-0.39, 0.29) is 0 Å². The fraction of sp³-hybridized carbons (Fsp3) is 1.00. The van der Waals surface area contributed by atoms with E-state index in [1.807, 2.05) is 0 Å². The Balaban J connectivity index is 4.20. The minimum Gasteiger partial charge on any atom is -0.171 e. The van der Waals surface area contributed by atoms with E-state index >= 15 is 0 Å². The maximum atomic E-state index is 11.8. The van der Waals surface area contributed by atoms with Crippen LogP contribution < -0.4 is 0 Å². The summed E-state index contributed by atoms with van der Waals surface area (Å²) >= 11 is 0. The molecule has 0 aromatic rings. The van der Waals surface area contributed by atoms with E-state index in [9.17, 15) is 26.3 Å². The van der Waals surface area contributed by atoms with Gasteiger partial charge in [-0.1, -0.05) is 6.92 Å². The van der Waals surface area contributed by atoms with Gasteiger partial charge >= 0.3 is 12.4 Å². The van der Waals surface area contributed by atoms with Crippen LogP contribution in [-0.2, 0) is 0 Å². The van der Waals surface area contributed by atoms with Crippen molar-refractivity contribution < 1.29 is 26.3 Å². The summed E-state index contributed by atoms with van der Waals surface area (Å²) in [6.07, 6.45) is -11.8. The lowest BCUT2D eigenvalue weighted by atomic mass is 10.0. The second-order valence-corrected chi connectivity index (χ2v) is 2.47. The first-order valence-corrected chi connectivity index (χ1v) is 3.30. The Morgan fingerprint density at radius 3 is 1.50 bits per heavy atom. The van der Waals surface area contributed by atoms with Crippen LogP contribution in [0.1, 0.15) is 19.8 Å². The van der Waals surface area contributed by atoms with Crippen molar-refractivity contribution in [1.82, 2.24) is 0 Å². The lowest BCUT2D eigenvalue weighted by molar-refractivity contribution is -0.219. The molecule has 0 nitrogen and oxygen atoms in total. The van der Waals surface area contributed by atoms with E-state index in [4.69, 9.17) is 0 Å². The number of rotatable bonds is 2. The summed E-state index contributed by atoms with van der Waals surface area (Å²) in [5.41, 5.74) is 0. The first kappa shape index (κ1) is 11.6. The van der Waals surface area contributed by atoms with Gasteiger partial charge in [-0.25, -0.2) is 0 Å². The molecular weight excluding hydrogens is 186 g/mol. The van der Waals surface area contributed by atoms with Crippen LogP contribution in [0.25, 0.3) is 0 Å². The molecule has 0 aromatic heterocycles. The molecule has 6 heteroatoms. The van der Waals surface area contributed by atoms with E-state index in [0.717, 1.165) is 6.92 Å². The smallest absolute Gasteiger partial charge is 0.171 e. The lowest BCUT2D eigenvalue weighted by Gasteiger charge is -2.19. The van der Waals surface area contributed by atoms with Gasteiger partial charge in [0, 0.05) is 0 Å². The zero-order valence-electron chi connectivity index (χ0n) is 6.26. The monoisotopic (exact) mass is 194 g/mol. The van der Waals surface area contributed by atoms with E-state index in [1.54, 1.807) is 0 Å². The normalized spacial score (nSPS) is 16.2. The third-order valence-corrected chi connectivity index (χ3v) is 1.43. The van der Waals surface area contributed by atoms with E-state index < -0.39 is 31.1 Å². The molecule has 0 aromatic carbocycles. The van der Waals surface area contributed by atoms with Crippen LogP contribution in [-0.4, -0.2) is 12.4 Å². The standard InChI is InChI=1S/C6H8F6/c1-2-4(6(10,11)12)3-5(7,8)9/h4H,2-3H2,1H3. The Kier molecular flexibility index (Phi) is 3.41. The van der Waals surface area contributed by atoms with E-state index in [0.29, 0.717) is 0 Å². The summed E-state index contributed by atoms with van der Waals surface area (Å²) in [6, 6.07) is 0. The van der Waals surface area contributed by atoms with Crippen molar-refractivity contribution in [3.63, 3.8) is 0 Å². The third-order valence-electron chi connectivity index (χ3n) is 1.43. The van der Waals surface area contributed by atoms with Crippen LogP contribution in [0.5, 0.6) is 0 Å². The van der Waals surface area contributed by atoms with Crippen molar-refractivity contribution in [2.24, 2.45) is 5.92 Å². The van der Waals surface area contributed by atoms with Gasteiger partial charge in [-0.05, 0) is 6.42 Å². The molecule has 74 valence electrons. The predicted octanol–water partition coefficient (Wildman–Crippen LogP) is 3.53. The topological polar surface area (TPSA) is 0 Å². The quantitative estimate of drug-likeness (QED) is 0.590. The SMILES string of the molecule is CCC(CC(F)(F)F)C(F)(F)F. The second kappa shape index (κ2) is 3.53. The molecule has 0 aliphatic rings. The summed E-state index contributed by atoms with van der Waals surface area (Å²) in [5, 5.41) is 0. The maximum absolute atomic E-state index is 11.8. The van der Waals surface area contributed by atoms with Gasteiger partial charge in [0.2, 0.25) is 0 Å². The molecule has 0 aliphatic carbocycles. The van der Waals surface area contributed by atoms with E-state index in [2.05, 4.69) is 0 Å². The highest BCUT2D eigenvalue weighted by Gasteiger charge is 2.45. The molecule has 0 saturated heterocycles.